The third-order valence-corrected chi connectivity index (χ3v) is 4.99. The molecule has 1 atom stereocenters. The number of rotatable bonds is 10. The molecule has 32 heavy (non-hydrogen) atoms. The molecule has 0 radical (unpaired) electrons. The van der Waals surface area contributed by atoms with Crippen molar-refractivity contribution in [1.29, 1.82) is 0 Å². The van der Waals surface area contributed by atoms with Gasteiger partial charge < -0.3 is 19.2 Å². The fourth-order valence-electron chi connectivity index (χ4n) is 3.02. The van der Waals surface area contributed by atoms with Crippen LogP contribution in [0.5, 0.6) is 11.5 Å². The monoisotopic (exact) mass is 458 g/mol. The minimum Gasteiger partial charge on any atom is -0.490 e. The fraction of sp³-hybridized carbons (Fsp3) is 0.348. The number of aromatic nitrogens is 2. The van der Waals surface area contributed by atoms with Gasteiger partial charge in [0, 0.05) is 22.3 Å². The molecule has 1 heterocycles. The van der Waals surface area contributed by atoms with Crippen LogP contribution in [-0.2, 0) is 4.79 Å². The van der Waals surface area contributed by atoms with E-state index in [0.717, 1.165) is 5.56 Å². The van der Waals surface area contributed by atoms with Gasteiger partial charge in [-0.25, -0.2) is 0 Å². The fourth-order valence-corrected chi connectivity index (χ4v) is 3.21. The third-order valence-electron chi connectivity index (χ3n) is 4.75. The first kappa shape index (κ1) is 23.6. The first-order valence-electron chi connectivity index (χ1n) is 10.4. The van der Waals surface area contributed by atoms with Crippen molar-refractivity contribution in [3.63, 3.8) is 0 Å². The molecule has 0 fully saturated rings. The molecule has 3 aromatic rings. The average Bonchev–Trinajstić information content (AvgIpc) is 3.25. The Kier molecular flexibility index (Phi) is 8.08. The Balaban J connectivity index is 1.62. The quantitative estimate of drug-likeness (QED) is 0.465. The summed E-state index contributed by atoms with van der Waals surface area (Å²) in [7, 11) is 1.82. The van der Waals surface area contributed by atoms with Crippen molar-refractivity contribution < 1.29 is 18.7 Å². The SMILES string of the molecule is CCOc1ccc(NC(=O)CN(C)[C@@H](C)c2nnc(-c3cccc(Cl)c3)o2)cc1OCC. The highest BCUT2D eigenvalue weighted by Gasteiger charge is 2.21. The zero-order valence-electron chi connectivity index (χ0n) is 18.6. The van der Waals surface area contributed by atoms with Gasteiger partial charge in [0.1, 0.15) is 0 Å². The van der Waals surface area contributed by atoms with Crippen LogP contribution in [0.15, 0.2) is 46.9 Å². The van der Waals surface area contributed by atoms with E-state index in [-0.39, 0.29) is 18.5 Å². The van der Waals surface area contributed by atoms with Crippen LogP contribution >= 0.6 is 11.6 Å². The molecule has 0 unspecified atom stereocenters. The second-order valence-electron chi connectivity index (χ2n) is 7.12. The van der Waals surface area contributed by atoms with Gasteiger partial charge in [-0.1, -0.05) is 17.7 Å². The minimum absolute atomic E-state index is 0.132. The van der Waals surface area contributed by atoms with Crippen LogP contribution in [0.1, 0.15) is 32.7 Å². The van der Waals surface area contributed by atoms with E-state index in [2.05, 4.69) is 15.5 Å². The zero-order valence-corrected chi connectivity index (χ0v) is 19.3. The predicted octanol–water partition coefficient (Wildman–Crippen LogP) is 4.82. The highest BCUT2D eigenvalue weighted by molar-refractivity contribution is 6.30. The van der Waals surface area contributed by atoms with Crippen LogP contribution in [0.4, 0.5) is 5.69 Å². The van der Waals surface area contributed by atoms with Gasteiger partial charge in [-0.05, 0) is 58.2 Å². The number of anilines is 1. The van der Waals surface area contributed by atoms with Gasteiger partial charge in [0.15, 0.2) is 11.5 Å². The normalized spacial score (nSPS) is 11.9. The van der Waals surface area contributed by atoms with E-state index in [4.69, 9.17) is 25.5 Å². The summed E-state index contributed by atoms with van der Waals surface area (Å²) < 4.78 is 17.0. The van der Waals surface area contributed by atoms with Gasteiger partial charge in [0.25, 0.3) is 0 Å². The van der Waals surface area contributed by atoms with Gasteiger partial charge in [-0.2, -0.15) is 0 Å². The Morgan fingerprint density at radius 2 is 1.88 bits per heavy atom. The Hall–Kier alpha value is -3.10. The van der Waals surface area contributed by atoms with Crippen molar-refractivity contribution in [1.82, 2.24) is 15.1 Å². The summed E-state index contributed by atoms with van der Waals surface area (Å²) in [4.78, 5) is 14.4. The van der Waals surface area contributed by atoms with Crippen LogP contribution in [0.2, 0.25) is 5.02 Å². The number of amides is 1. The number of ether oxygens (including phenoxy) is 2. The molecule has 0 aliphatic rings. The molecule has 3 rings (SSSR count). The molecule has 1 N–H and O–H groups in total. The molecular formula is C23H27ClN4O4. The molecule has 1 amide bonds. The molecule has 8 nitrogen and oxygen atoms in total. The maximum absolute atomic E-state index is 12.6. The van der Waals surface area contributed by atoms with E-state index in [1.54, 1.807) is 30.3 Å². The summed E-state index contributed by atoms with van der Waals surface area (Å²) >= 11 is 6.03. The number of hydrogen-bond acceptors (Lipinski definition) is 7. The maximum Gasteiger partial charge on any atom is 0.247 e. The number of halogens is 1. The van der Waals surface area contributed by atoms with Gasteiger partial charge in [-0.15, -0.1) is 10.2 Å². The minimum atomic E-state index is -0.263. The highest BCUT2D eigenvalue weighted by Crippen LogP contribution is 2.31. The predicted molar refractivity (Wildman–Crippen MR) is 123 cm³/mol. The van der Waals surface area contributed by atoms with Crippen molar-refractivity contribution in [2.24, 2.45) is 0 Å². The summed E-state index contributed by atoms with van der Waals surface area (Å²) in [5, 5.41) is 11.7. The lowest BCUT2D eigenvalue weighted by molar-refractivity contribution is -0.117. The summed E-state index contributed by atoms with van der Waals surface area (Å²) in [6, 6.07) is 12.3. The van der Waals surface area contributed by atoms with Crippen LogP contribution in [-0.4, -0.2) is 47.8 Å². The molecule has 0 bridgehead atoms. The van der Waals surface area contributed by atoms with Crippen molar-refractivity contribution in [2.75, 3.05) is 32.1 Å². The molecule has 170 valence electrons. The first-order valence-corrected chi connectivity index (χ1v) is 10.8. The van der Waals surface area contributed by atoms with Gasteiger partial charge >= 0.3 is 0 Å². The summed E-state index contributed by atoms with van der Waals surface area (Å²) in [6.45, 7) is 6.86. The maximum atomic E-state index is 12.6. The largest absolute Gasteiger partial charge is 0.490 e. The molecule has 2 aromatic carbocycles. The van der Waals surface area contributed by atoms with E-state index in [1.807, 2.05) is 44.9 Å². The van der Waals surface area contributed by atoms with E-state index in [0.29, 0.717) is 47.2 Å². The van der Waals surface area contributed by atoms with E-state index in [9.17, 15) is 4.79 Å². The molecule has 1 aromatic heterocycles. The van der Waals surface area contributed by atoms with E-state index in [1.165, 1.54) is 0 Å². The molecule has 9 heteroatoms. The van der Waals surface area contributed by atoms with E-state index < -0.39 is 0 Å². The number of carbonyl (C=O) groups is 1. The lowest BCUT2D eigenvalue weighted by Gasteiger charge is -2.21. The summed E-state index contributed by atoms with van der Waals surface area (Å²) in [5.74, 6) is 1.85. The second kappa shape index (κ2) is 11.0. The van der Waals surface area contributed by atoms with Crippen LogP contribution < -0.4 is 14.8 Å². The van der Waals surface area contributed by atoms with Crippen LogP contribution in [0.3, 0.4) is 0 Å². The van der Waals surface area contributed by atoms with E-state index >= 15 is 0 Å². The number of nitrogens with one attached hydrogen (secondary N) is 1. The Bertz CT molecular complexity index is 1060. The molecule has 0 saturated carbocycles. The van der Waals surface area contributed by atoms with Gasteiger partial charge in [0.2, 0.25) is 17.7 Å². The highest BCUT2D eigenvalue weighted by atomic mass is 35.5. The third kappa shape index (κ3) is 5.99. The molecule has 0 spiro atoms. The van der Waals surface area contributed by atoms with Crippen molar-refractivity contribution in [3.8, 4) is 23.0 Å². The number of carbonyl (C=O) groups excluding carboxylic acids is 1. The lowest BCUT2D eigenvalue weighted by Crippen LogP contribution is -2.32. The Morgan fingerprint density at radius 3 is 2.59 bits per heavy atom. The first-order chi connectivity index (χ1) is 15.4. The second-order valence-corrected chi connectivity index (χ2v) is 7.56. The molecule has 0 aliphatic carbocycles. The van der Waals surface area contributed by atoms with Crippen molar-refractivity contribution in [2.45, 2.75) is 26.8 Å². The van der Waals surface area contributed by atoms with Gasteiger partial charge in [0.05, 0.1) is 25.8 Å². The molecular weight excluding hydrogens is 432 g/mol. The number of benzene rings is 2. The number of hydrogen-bond donors (Lipinski definition) is 1. The smallest absolute Gasteiger partial charge is 0.247 e. The van der Waals surface area contributed by atoms with Crippen LogP contribution in [0, 0.1) is 0 Å². The summed E-state index contributed by atoms with van der Waals surface area (Å²) in [5.41, 5.74) is 1.37. The van der Waals surface area contributed by atoms with Gasteiger partial charge in [-0.3, -0.25) is 9.69 Å². The standard InChI is InChI=1S/C23H27ClN4O4/c1-5-30-19-11-10-18(13-20(19)31-6-2)25-21(29)14-28(4)15(3)22-26-27-23(32-22)16-8-7-9-17(24)12-16/h7-13,15H,5-6,14H2,1-4H3,(H,25,29)/t15-/m0/s1. The number of likely N-dealkylation sites (N-methyl/N-ethyl adjacent to an activating group) is 1. The molecule has 0 aliphatic heterocycles. The molecule has 0 saturated heterocycles. The Morgan fingerprint density at radius 1 is 1.12 bits per heavy atom. The van der Waals surface area contributed by atoms with Crippen LogP contribution in [0.25, 0.3) is 11.5 Å². The summed E-state index contributed by atoms with van der Waals surface area (Å²) in [6.07, 6.45) is 0. The lowest BCUT2D eigenvalue weighted by atomic mass is 10.2. The average molecular weight is 459 g/mol. The topological polar surface area (TPSA) is 89.7 Å². The van der Waals surface area contributed by atoms with Crippen molar-refractivity contribution in [3.05, 3.63) is 53.4 Å². The van der Waals surface area contributed by atoms with Crippen molar-refractivity contribution >= 4 is 23.2 Å². The Labute approximate surface area is 192 Å². The zero-order chi connectivity index (χ0) is 23.1. The number of nitrogens with zero attached hydrogens (tertiary/aromatic N) is 3.